The average molecular weight is 254 g/mol. The smallest absolute Gasteiger partial charge is 0.141 e. The van der Waals surface area contributed by atoms with E-state index in [0.29, 0.717) is 0 Å². The first-order valence-electron chi connectivity index (χ1n) is 5.40. The average Bonchev–Trinajstić information content (AvgIpc) is 2.82. The van der Waals surface area contributed by atoms with Gasteiger partial charge in [-0.2, -0.15) is 0 Å². The zero-order chi connectivity index (χ0) is 12.1. The van der Waals surface area contributed by atoms with Gasteiger partial charge in [0.2, 0.25) is 0 Å². The van der Waals surface area contributed by atoms with Crippen molar-refractivity contribution in [2.45, 2.75) is 13.0 Å². The highest BCUT2D eigenvalue weighted by Gasteiger charge is 1.99. The number of halogens is 2. The Hall–Kier alpha value is -1.55. The summed E-state index contributed by atoms with van der Waals surface area (Å²) < 4.78 is 14.9. The Kier molecular flexibility index (Phi) is 3.98. The third-order valence-electron chi connectivity index (χ3n) is 2.40. The molecule has 0 saturated carbocycles. The van der Waals surface area contributed by atoms with E-state index in [-0.39, 0.29) is 5.02 Å². The van der Waals surface area contributed by atoms with Crippen molar-refractivity contribution in [1.82, 2.24) is 9.55 Å². The van der Waals surface area contributed by atoms with Crippen LogP contribution in [0.1, 0.15) is 6.42 Å². The van der Waals surface area contributed by atoms with Gasteiger partial charge in [-0.3, -0.25) is 0 Å². The molecule has 1 aromatic carbocycles. The Bertz CT molecular complexity index is 471. The van der Waals surface area contributed by atoms with E-state index in [4.69, 9.17) is 11.6 Å². The second kappa shape index (κ2) is 5.68. The first kappa shape index (κ1) is 11.9. The van der Waals surface area contributed by atoms with Gasteiger partial charge in [-0.05, 0) is 24.6 Å². The molecule has 0 aliphatic carbocycles. The molecular formula is C12H13ClFN3. The molecule has 2 rings (SSSR count). The largest absolute Gasteiger partial charge is 0.385 e. The topological polar surface area (TPSA) is 29.9 Å². The van der Waals surface area contributed by atoms with Crippen molar-refractivity contribution in [3.05, 3.63) is 47.8 Å². The van der Waals surface area contributed by atoms with Crippen LogP contribution >= 0.6 is 11.6 Å². The van der Waals surface area contributed by atoms with Crippen LogP contribution in [0.3, 0.4) is 0 Å². The van der Waals surface area contributed by atoms with E-state index in [9.17, 15) is 4.39 Å². The lowest BCUT2D eigenvalue weighted by atomic mass is 10.3. The molecule has 0 bridgehead atoms. The highest BCUT2D eigenvalue weighted by Crippen LogP contribution is 2.19. The first-order chi connectivity index (χ1) is 8.25. The van der Waals surface area contributed by atoms with Crippen molar-refractivity contribution in [3.63, 3.8) is 0 Å². The van der Waals surface area contributed by atoms with Crippen molar-refractivity contribution in [2.75, 3.05) is 11.9 Å². The molecule has 0 aliphatic rings. The molecule has 0 atom stereocenters. The highest BCUT2D eigenvalue weighted by molar-refractivity contribution is 6.31. The maximum atomic E-state index is 12.9. The fraction of sp³-hybridized carbons (Fsp3) is 0.250. The van der Waals surface area contributed by atoms with E-state index in [0.717, 1.165) is 25.2 Å². The zero-order valence-electron chi connectivity index (χ0n) is 9.24. The summed E-state index contributed by atoms with van der Waals surface area (Å²) in [6.45, 7) is 1.71. The number of aryl methyl sites for hydroxylation is 1. The molecule has 2 aromatic rings. The second-order valence-electron chi connectivity index (χ2n) is 3.71. The van der Waals surface area contributed by atoms with E-state index < -0.39 is 5.82 Å². The summed E-state index contributed by atoms with van der Waals surface area (Å²) in [4.78, 5) is 3.96. The van der Waals surface area contributed by atoms with Crippen LogP contribution in [-0.2, 0) is 6.54 Å². The van der Waals surface area contributed by atoms with Crippen molar-refractivity contribution in [2.24, 2.45) is 0 Å². The Morgan fingerprint density at radius 1 is 1.41 bits per heavy atom. The molecular weight excluding hydrogens is 241 g/mol. The number of nitrogens with one attached hydrogen (secondary N) is 1. The normalized spacial score (nSPS) is 10.5. The fourth-order valence-electron chi connectivity index (χ4n) is 1.52. The number of imidazole rings is 1. The van der Waals surface area contributed by atoms with E-state index in [1.54, 1.807) is 24.7 Å². The van der Waals surface area contributed by atoms with Crippen LogP contribution in [-0.4, -0.2) is 16.1 Å². The molecule has 5 heteroatoms. The van der Waals surface area contributed by atoms with Crippen LogP contribution in [0.5, 0.6) is 0 Å². The molecule has 17 heavy (non-hydrogen) atoms. The van der Waals surface area contributed by atoms with Crippen LogP contribution in [0, 0.1) is 5.82 Å². The summed E-state index contributed by atoms with van der Waals surface area (Å²) >= 11 is 5.68. The molecule has 0 fully saturated rings. The summed E-state index contributed by atoms with van der Waals surface area (Å²) in [6.07, 6.45) is 6.43. The first-order valence-corrected chi connectivity index (χ1v) is 5.78. The predicted molar refractivity (Wildman–Crippen MR) is 66.7 cm³/mol. The summed E-state index contributed by atoms with van der Waals surface area (Å²) in [5.74, 6) is -0.393. The van der Waals surface area contributed by atoms with Gasteiger partial charge in [0.05, 0.1) is 11.3 Å². The molecule has 1 heterocycles. The van der Waals surface area contributed by atoms with Gasteiger partial charge >= 0.3 is 0 Å². The van der Waals surface area contributed by atoms with Gasteiger partial charge in [-0.1, -0.05) is 11.6 Å². The standard InChI is InChI=1S/C12H13ClFN3/c13-11-8-10(2-3-12(11)14)16-4-1-6-17-7-5-15-9-17/h2-3,5,7-9,16H,1,4,6H2. The molecule has 3 nitrogen and oxygen atoms in total. The lowest BCUT2D eigenvalue weighted by molar-refractivity contribution is 0.628. The minimum absolute atomic E-state index is 0.143. The van der Waals surface area contributed by atoms with Crippen LogP contribution < -0.4 is 5.32 Å². The van der Waals surface area contributed by atoms with Gasteiger partial charge in [0.25, 0.3) is 0 Å². The van der Waals surface area contributed by atoms with Gasteiger partial charge in [0, 0.05) is 31.2 Å². The van der Waals surface area contributed by atoms with Gasteiger partial charge in [0.1, 0.15) is 5.82 Å². The second-order valence-corrected chi connectivity index (χ2v) is 4.12. The van der Waals surface area contributed by atoms with Gasteiger partial charge in [0.15, 0.2) is 0 Å². The van der Waals surface area contributed by atoms with Crippen LogP contribution in [0.2, 0.25) is 5.02 Å². The SMILES string of the molecule is Fc1ccc(NCCCn2ccnc2)cc1Cl. The van der Waals surface area contributed by atoms with Crippen LogP contribution in [0.15, 0.2) is 36.9 Å². The third kappa shape index (κ3) is 3.46. The maximum Gasteiger partial charge on any atom is 0.141 e. The Morgan fingerprint density at radius 3 is 3.00 bits per heavy atom. The number of nitrogens with zero attached hydrogens (tertiary/aromatic N) is 2. The minimum atomic E-state index is -0.393. The number of benzene rings is 1. The van der Waals surface area contributed by atoms with Gasteiger partial charge < -0.3 is 9.88 Å². The van der Waals surface area contributed by atoms with Crippen LogP contribution in [0.4, 0.5) is 10.1 Å². The third-order valence-corrected chi connectivity index (χ3v) is 2.69. The molecule has 1 aromatic heterocycles. The van der Waals surface area contributed by atoms with Crippen molar-refractivity contribution in [1.29, 1.82) is 0 Å². The number of hydrogen-bond donors (Lipinski definition) is 1. The summed E-state index contributed by atoms with van der Waals surface area (Å²) in [5, 5.41) is 3.33. The molecule has 0 unspecified atom stereocenters. The Balaban J connectivity index is 1.76. The zero-order valence-corrected chi connectivity index (χ0v) is 9.99. The van der Waals surface area contributed by atoms with Crippen molar-refractivity contribution in [3.8, 4) is 0 Å². The predicted octanol–water partition coefficient (Wildman–Crippen LogP) is 3.18. The summed E-state index contributed by atoms with van der Waals surface area (Å²) in [5.41, 5.74) is 0.835. The van der Waals surface area contributed by atoms with E-state index in [1.165, 1.54) is 6.07 Å². The minimum Gasteiger partial charge on any atom is -0.385 e. The molecule has 1 N–H and O–H groups in total. The van der Waals surface area contributed by atoms with Crippen molar-refractivity contribution >= 4 is 17.3 Å². The van der Waals surface area contributed by atoms with E-state index in [1.807, 2.05) is 10.8 Å². The lowest BCUT2D eigenvalue weighted by Gasteiger charge is -2.07. The van der Waals surface area contributed by atoms with E-state index >= 15 is 0 Å². The molecule has 90 valence electrons. The molecule has 0 radical (unpaired) electrons. The van der Waals surface area contributed by atoms with Gasteiger partial charge in [-0.15, -0.1) is 0 Å². The molecule has 0 saturated heterocycles. The number of aromatic nitrogens is 2. The summed E-state index contributed by atoms with van der Waals surface area (Å²) in [7, 11) is 0. The maximum absolute atomic E-state index is 12.9. The van der Waals surface area contributed by atoms with E-state index in [2.05, 4.69) is 10.3 Å². The number of anilines is 1. The van der Waals surface area contributed by atoms with Gasteiger partial charge in [-0.25, -0.2) is 9.37 Å². The quantitative estimate of drug-likeness (QED) is 0.830. The Labute approximate surface area is 104 Å². The fourth-order valence-corrected chi connectivity index (χ4v) is 1.70. The monoisotopic (exact) mass is 253 g/mol. The molecule has 0 spiro atoms. The summed E-state index contributed by atoms with van der Waals surface area (Å²) in [6, 6.07) is 4.63. The molecule has 0 aliphatic heterocycles. The Morgan fingerprint density at radius 2 is 2.29 bits per heavy atom. The lowest BCUT2D eigenvalue weighted by Crippen LogP contribution is -2.05. The highest BCUT2D eigenvalue weighted by atomic mass is 35.5. The molecule has 0 amide bonds. The number of rotatable bonds is 5. The van der Waals surface area contributed by atoms with Crippen molar-refractivity contribution < 1.29 is 4.39 Å². The van der Waals surface area contributed by atoms with Crippen LogP contribution in [0.25, 0.3) is 0 Å². The number of hydrogen-bond acceptors (Lipinski definition) is 2.